The molecule has 122 valence electrons. The summed E-state index contributed by atoms with van der Waals surface area (Å²) in [6, 6.07) is 0.959. The van der Waals surface area contributed by atoms with E-state index in [0.29, 0.717) is 24.4 Å². The predicted molar refractivity (Wildman–Crippen MR) is 88.7 cm³/mol. The summed E-state index contributed by atoms with van der Waals surface area (Å²) in [6.07, 6.45) is 6.23. The monoisotopic (exact) mass is 314 g/mol. The average molecular weight is 314 g/mol. The van der Waals surface area contributed by atoms with Gasteiger partial charge in [0.15, 0.2) is 0 Å². The van der Waals surface area contributed by atoms with Crippen LogP contribution in [0.2, 0.25) is 0 Å². The molecule has 0 bridgehead atoms. The molecule has 3 unspecified atom stereocenters. The van der Waals surface area contributed by atoms with Crippen molar-refractivity contribution in [2.24, 2.45) is 5.92 Å². The zero-order chi connectivity index (χ0) is 15.5. The van der Waals surface area contributed by atoms with Gasteiger partial charge in [0.05, 0.1) is 5.60 Å². The second-order valence-electron chi connectivity index (χ2n) is 7.20. The van der Waals surface area contributed by atoms with Gasteiger partial charge in [-0.15, -0.1) is 0 Å². The number of carbonyl (C=O) groups is 1. The van der Waals surface area contributed by atoms with Gasteiger partial charge in [-0.25, -0.2) is 4.79 Å². The third kappa shape index (κ3) is 4.78. The topological polar surface area (TPSA) is 52.6 Å². The number of likely N-dealkylation sites (tertiary alicyclic amines) is 1. The number of rotatable bonds is 5. The molecule has 21 heavy (non-hydrogen) atoms. The lowest BCUT2D eigenvalue weighted by molar-refractivity contribution is 0.107. The number of hydrogen-bond acceptors (Lipinski definition) is 3. The zero-order valence-corrected chi connectivity index (χ0v) is 14.4. The lowest BCUT2D eigenvalue weighted by Gasteiger charge is -2.33. The van der Waals surface area contributed by atoms with E-state index in [2.05, 4.69) is 17.1 Å². The van der Waals surface area contributed by atoms with Crippen LogP contribution in [-0.4, -0.2) is 51.8 Å². The number of amides is 2. The molecule has 3 atom stereocenters. The van der Waals surface area contributed by atoms with Crippen LogP contribution in [0.25, 0.3) is 0 Å². The Kier molecular flexibility index (Phi) is 5.83. The molecule has 0 aromatic carbocycles. The summed E-state index contributed by atoms with van der Waals surface area (Å²) < 4.78 is 0. The van der Waals surface area contributed by atoms with Gasteiger partial charge in [0, 0.05) is 30.1 Å². The van der Waals surface area contributed by atoms with Crippen molar-refractivity contribution in [2.45, 2.75) is 70.6 Å². The quantitative estimate of drug-likeness (QED) is 0.767. The van der Waals surface area contributed by atoms with Crippen molar-refractivity contribution in [1.29, 1.82) is 0 Å². The standard InChI is InChI=1S/C16H30N2O2S/c1-12-10-13-6-4-5-7-14(13)18(12)15(19)17-8-9-21-11-16(2,3)20/h12-14,20H,4-11H2,1-3H3,(H,17,19). The first-order valence-corrected chi connectivity index (χ1v) is 9.40. The fourth-order valence-corrected chi connectivity index (χ4v) is 4.59. The number of fused-ring (bicyclic) bond motifs is 1. The van der Waals surface area contributed by atoms with Crippen molar-refractivity contribution < 1.29 is 9.90 Å². The normalized spacial score (nSPS) is 29.3. The molecule has 0 aromatic heterocycles. The van der Waals surface area contributed by atoms with Crippen LogP contribution >= 0.6 is 11.8 Å². The maximum Gasteiger partial charge on any atom is 0.317 e. The number of aliphatic hydroxyl groups is 1. The summed E-state index contributed by atoms with van der Waals surface area (Å²) in [5.74, 6) is 2.28. The Labute approximate surface area is 133 Å². The smallest absolute Gasteiger partial charge is 0.317 e. The van der Waals surface area contributed by atoms with Crippen LogP contribution in [0, 0.1) is 5.92 Å². The summed E-state index contributed by atoms with van der Waals surface area (Å²) >= 11 is 1.69. The Hall–Kier alpha value is -0.420. The van der Waals surface area contributed by atoms with Gasteiger partial charge in [0.1, 0.15) is 0 Å². The third-order valence-electron chi connectivity index (χ3n) is 4.56. The van der Waals surface area contributed by atoms with Crippen LogP contribution in [0.4, 0.5) is 4.79 Å². The van der Waals surface area contributed by atoms with Crippen molar-refractivity contribution >= 4 is 17.8 Å². The van der Waals surface area contributed by atoms with Crippen LogP contribution in [0.3, 0.4) is 0 Å². The van der Waals surface area contributed by atoms with E-state index in [9.17, 15) is 9.90 Å². The highest BCUT2D eigenvalue weighted by atomic mass is 32.2. The highest BCUT2D eigenvalue weighted by Crippen LogP contribution is 2.39. The molecule has 4 nitrogen and oxygen atoms in total. The number of nitrogens with zero attached hydrogens (tertiary/aromatic N) is 1. The van der Waals surface area contributed by atoms with Crippen molar-refractivity contribution in [3.63, 3.8) is 0 Å². The Morgan fingerprint density at radius 3 is 2.81 bits per heavy atom. The molecule has 1 aliphatic carbocycles. The van der Waals surface area contributed by atoms with E-state index in [-0.39, 0.29) is 6.03 Å². The first kappa shape index (κ1) is 16.9. The van der Waals surface area contributed by atoms with E-state index >= 15 is 0 Å². The first-order chi connectivity index (χ1) is 9.88. The Morgan fingerprint density at radius 2 is 2.10 bits per heavy atom. The number of thioether (sulfide) groups is 1. The summed E-state index contributed by atoms with van der Waals surface area (Å²) in [5, 5.41) is 12.7. The van der Waals surface area contributed by atoms with E-state index in [1.165, 1.54) is 32.1 Å². The summed E-state index contributed by atoms with van der Waals surface area (Å²) in [6.45, 7) is 6.49. The van der Waals surface area contributed by atoms with Gasteiger partial charge in [-0.1, -0.05) is 12.8 Å². The van der Waals surface area contributed by atoms with E-state index < -0.39 is 5.60 Å². The van der Waals surface area contributed by atoms with Crippen LogP contribution < -0.4 is 5.32 Å². The number of carbonyl (C=O) groups excluding carboxylic acids is 1. The lowest BCUT2D eigenvalue weighted by atomic mass is 9.85. The molecule has 1 saturated carbocycles. The Morgan fingerprint density at radius 1 is 1.38 bits per heavy atom. The lowest BCUT2D eigenvalue weighted by Crippen LogP contribution is -2.48. The molecule has 2 fully saturated rings. The second-order valence-corrected chi connectivity index (χ2v) is 8.31. The van der Waals surface area contributed by atoms with Crippen LogP contribution in [-0.2, 0) is 0 Å². The highest BCUT2D eigenvalue weighted by Gasteiger charge is 2.42. The molecular weight excluding hydrogens is 284 g/mol. The zero-order valence-electron chi connectivity index (χ0n) is 13.6. The Bertz CT molecular complexity index is 357. The second kappa shape index (κ2) is 7.23. The molecule has 1 saturated heterocycles. The van der Waals surface area contributed by atoms with Crippen molar-refractivity contribution in [2.75, 3.05) is 18.1 Å². The maximum atomic E-state index is 12.4. The minimum absolute atomic E-state index is 0.112. The predicted octanol–water partition coefficient (Wildman–Crippen LogP) is 2.85. The van der Waals surface area contributed by atoms with Gasteiger partial charge < -0.3 is 15.3 Å². The summed E-state index contributed by atoms with van der Waals surface area (Å²) in [7, 11) is 0. The SMILES string of the molecule is CC1CC2CCCCC2N1C(=O)NCCSCC(C)(C)O. The van der Waals surface area contributed by atoms with Crippen molar-refractivity contribution in [3.8, 4) is 0 Å². The van der Waals surface area contributed by atoms with Crippen molar-refractivity contribution in [1.82, 2.24) is 10.2 Å². The maximum absolute atomic E-state index is 12.4. The van der Waals surface area contributed by atoms with E-state index in [0.717, 1.165) is 11.7 Å². The summed E-state index contributed by atoms with van der Waals surface area (Å²) in [5.41, 5.74) is -0.631. The molecule has 0 radical (unpaired) electrons. The largest absolute Gasteiger partial charge is 0.390 e. The van der Waals surface area contributed by atoms with Gasteiger partial charge in [-0.05, 0) is 46.0 Å². The molecule has 1 aliphatic heterocycles. The van der Waals surface area contributed by atoms with E-state index in [1.54, 1.807) is 11.8 Å². The van der Waals surface area contributed by atoms with Crippen LogP contribution in [0.5, 0.6) is 0 Å². The summed E-state index contributed by atoms with van der Waals surface area (Å²) in [4.78, 5) is 14.5. The molecular formula is C16H30N2O2S. The van der Waals surface area contributed by atoms with Crippen molar-refractivity contribution in [3.05, 3.63) is 0 Å². The molecule has 5 heteroatoms. The fourth-order valence-electron chi connectivity index (χ4n) is 3.70. The van der Waals surface area contributed by atoms with Gasteiger partial charge in [0.25, 0.3) is 0 Å². The van der Waals surface area contributed by atoms with E-state index in [4.69, 9.17) is 0 Å². The van der Waals surface area contributed by atoms with Crippen LogP contribution in [0.1, 0.15) is 52.9 Å². The van der Waals surface area contributed by atoms with Crippen LogP contribution in [0.15, 0.2) is 0 Å². The minimum Gasteiger partial charge on any atom is -0.390 e. The van der Waals surface area contributed by atoms with Gasteiger partial charge in [0.2, 0.25) is 0 Å². The minimum atomic E-state index is -0.631. The third-order valence-corrected chi connectivity index (χ3v) is 5.96. The fraction of sp³-hybridized carbons (Fsp3) is 0.938. The molecule has 0 spiro atoms. The van der Waals surface area contributed by atoms with Gasteiger partial charge in [-0.3, -0.25) is 0 Å². The Balaban J connectivity index is 1.72. The first-order valence-electron chi connectivity index (χ1n) is 8.25. The van der Waals surface area contributed by atoms with Gasteiger partial charge in [-0.2, -0.15) is 11.8 Å². The molecule has 2 aliphatic rings. The number of urea groups is 1. The van der Waals surface area contributed by atoms with Gasteiger partial charge >= 0.3 is 6.03 Å². The number of nitrogens with one attached hydrogen (secondary N) is 1. The molecule has 2 rings (SSSR count). The molecule has 2 N–H and O–H groups in total. The van der Waals surface area contributed by atoms with E-state index in [1.807, 2.05) is 13.8 Å². The molecule has 2 amide bonds. The molecule has 0 aromatic rings. The molecule has 1 heterocycles. The number of hydrogen-bond donors (Lipinski definition) is 2. The highest BCUT2D eigenvalue weighted by molar-refractivity contribution is 7.99. The average Bonchev–Trinajstić information content (AvgIpc) is 2.72.